The predicted molar refractivity (Wildman–Crippen MR) is 85.0 cm³/mol. The van der Waals surface area contributed by atoms with E-state index in [0.717, 1.165) is 22.4 Å². The van der Waals surface area contributed by atoms with Gasteiger partial charge in [-0.05, 0) is 29.5 Å². The average Bonchev–Trinajstić information content (AvgIpc) is 2.77. The van der Waals surface area contributed by atoms with E-state index in [-0.39, 0.29) is 0 Å². The fraction of sp³-hybridized carbons (Fsp3) is 0.250. The minimum absolute atomic E-state index is 0.694. The van der Waals surface area contributed by atoms with Crippen LogP contribution in [-0.4, -0.2) is 18.0 Å². The highest BCUT2D eigenvalue weighted by Crippen LogP contribution is 2.23. The van der Waals surface area contributed by atoms with E-state index in [2.05, 4.69) is 41.7 Å². The molecule has 4 heteroatoms. The molecular formula is C16H18N2OSi. The van der Waals surface area contributed by atoms with Crippen LogP contribution in [0.5, 0.6) is 0 Å². The van der Waals surface area contributed by atoms with Crippen molar-refractivity contribution in [3.05, 3.63) is 42.4 Å². The zero-order chi connectivity index (χ0) is 14.3. The molecule has 0 fully saturated rings. The second-order valence-electron chi connectivity index (χ2n) is 6.10. The van der Waals surface area contributed by atoms with Crippen LogP contribution in [0.15, 0.2) is 40.9 Å². The van der Waals surface area contributed by atoms with E-state index >= 15 is 0 Å². The van der Waals surface area contributed by atoms with Gasteiger partial charge >= 0.3 is 0 Å². The van der Waals surface area contributed by atoms with Crippen LogP contribution >= 0.6 is 0 Å². The van der Waals surface area contributed by atoms with Crippen molar-refractivity contribution >= 4 is 24.4 Å². The first-order valence-electron chi connectivity index (χ1n) is 6.77. The quantitative estimate of drug-likeness (QED) is 0.672. The first kappa shape index (κ1) is 13.1. The van der Waals surface area contributed by atoms with Gasteiger partial charge in [0.05, 0.1) is 13.8 Å². The molecule has 0 saturated heterocycles. The highest BCUT2D eigenvalue weighted by atomic mass is 28.3. The zero-order valence-corrected chi connectivity index (χ0v) is 13.3. The Kier molecular flexibility index (Phi) is 2.98. The van der Waals surface area contributed by atoms with Gasteiger partial charge in [-0.1, -0.05) is 25.7 Å². The van der Waals surface area contributed by atoms with Gasteiger partial charge in [0.2, 0.25) is 0 Å². The molecule has 2 heterocycles. The molecule has 0 aliphatic carbocycles. The molecule has 20 heavy (non-hydrogen) atoms. The van der Waals surface area contributed by atoms with E-state index in [4.69, 9.17) is 4.42 Å². The van der Waals surface area contributed by atoms with E-state index in [1.807, 2.05) is 31.3 Å². The van der Waals surface area contributed by atoms with E-state index in [1.54, 1.807) is 0 Å². The summed E-state index contributed by atoms with van der Waals surface area (Å²) in [6.45, 7) is 8.84. The highest BCUT2D eigenvalue weighted by Gasteiger charge is 2.16. The number of rotatable bonds is 2. The van der Waals surface area contributed by atoms with Crippen molar-refractivity contribution in [1.82, 2.24) is 9.97 Å². The van der Waals surface area contributed by atoms with E-state index in [0.29, 0.717) is 5.89 Å². The van der Waals surface area contributed by atoms with Gasteiger partial charge in [0.1, 0.15) is 5.52 Å². The predicted octanol–water partition coefficient (Wildman–Crippen LogP) is 3.74. The van der Waals surface area contributed by atoms with Crippen LogP contribution in [0.1, 0.15) is 5.89 Å². The fourth-order valence-corrected chi connectivity index (χ4v) is 3.25. The fourth-order valence-electron chi connectivity index (χ4n) is 2.21. The number of fused-ring (bicyclic) bond motifs is 1. The summed E-state index contributed by atoms with van der Waals surface area (Å²) < 4.78 is 5.50. The monoisotopic (exact) mass is 282 g/mol. The summed E-state index contributed by atoms with van der Waals surface area (Å²) in [5.74, 6) is 0.694. The van der Waals surface area contributed by atoms with E-state index < -0.39 is 8.07 Å². The number of pyridine rings is 1. The third-order valence-corrected chi connectivity index (χ3v) is 5.45. The molecule has 2 aromatic heterocycles. The van der Waals surface area contributed by atoms with Crippen molar-refractivity contribution in [2.75, 3.05) is 0 Å². The lowest BCUT2D eigenvalue weighted by Crippen LogP contribution is -2.37. The van der Waals surface area contributed by atoms with Crippen LogP contribution in [0.2, 0.25) is 19.6 Å². The normalized spacial score (nSPS) is 12.0. The summed E-state index contributed by atoms with van der Waals surface area (Å²) in [4.78, 5) is 8.97. The Labute approximate surface area is 119 Å². The summed E-state index contributed by atoms with van der Waals surface area (Å²) in [6.07, 6.45) is 2.01. The van der Waals surface area contributed by atoms with Gasteiger partial charge in [0.15, 0.2) is 11.5 Å². The van der Waals surface area contributed by atoms with E-state index in [9.17, 15) is 0 Å². The van der Waals surface area contributed by atoms with Gasteiger partial charge in [0.25, 0.3) is 0 Å². The Morgan fingerprint density at radius 2 is 1.85 bits per heavy atom. The van der Waals surface area contributed by atoms with Crippen LogP contribution in [0, 0.1) is 6.92 Å². The molecule has 0 aliphatic heterocycles. The summed E-state index contributed by atoms with van der Waals surface area (Å²) in [6, 6.07) is 10.3. The van der Waals surface area contributed by atoms with Crippen LogP contribution in [0.4, 0.5) is 0 Å². The number of oxazole rings is 1. The Morgan fingerprint density at radius 3 is 2.50 bits per heavy atom. The van der Waals surface area contributed by atoms with Crippen LogP contribution in [0.25, 0.3) is 22.4 Å². The van der Waals surface area contributed by atoms with Crippen LogP contribution < -0.4 is 5.19 Å². The summed E-state index contributed by atoms with van der Waals surface area (Å²) in [5.41, 5.74) is 3.77. The number of nitrogens with zero attached hydrogens (tertiary/aromatic N) is 2. The van der Waals surface area contributed by atoms with Crippen molar-refractivity contribution < 1.29 is 4.42 Å². The largest absolute Gasteiger partial charge is 0.441 e. The molecule has 1 aromatic carbocycles. The Bertz CT molecular complexity index is 754. The third kappa shape index (κ3) is 2.39. The van der Waals surface area contributed by atoms with Gasteiger partial charge in [0, 0.05) is 18.7 Å². The number of aryl methyl sites for hydroxylation is 1. The summed E-state index contributed by atoms with van der Waals surface area (Å²) >= 11 is 0. The summed E-state index contributed by atoms with van der Waals surface area (Å²) in [7, 11) is -1.29. The molecule has 0 saturated carbocycles. The summed E-state index contributed by atoms with van der Waals surface area (Å²) in [5, 5.41) is 1.37. The van der Waals surface area contributed by atoms with Crippen molar-refractivity contribution in [2.24, 2.45) is 0 Å². The number of benzene rings is 1. The highest BCUT2D eigenvalue weighted by molar-refractivity contribution is 6.88. The van der Waals surface area contributed by atoms with Gasteiger partial charge < -0.3 is 4.42 Å². The SMILES string of the molecule is Cc1nc2cc(-c3ccc([Si](C)(C)C)cn3)ccc2o1. The van der Waals surface area contributed by atoms with Crippen molar-refractivity contribution in [1.29, 1.82) is 0 Å². The Hall–Kier alpha value is -1.94. The first-order chi connectivity index (χ1) is 9.43. The molecule has 3 nitrogen and oxygen atoms in total. The standard InChI is InChI=1S/C16H18N2OSi/c1-11-18-15-9-12(5-8-16(15)19-11)14-7-6-13(10-17-14)20(2,3)4/h5-10H,1-4H3. The zero-order valence-electron chi connectivity index (χ0n) is 12.3. The van der Waals surface area contributed by atoms with Gasteiger partial charge in [-0.3, -0.25) is 4.98 Å². The lowest BCUT2D eigenvalue weighted by molar-refractivity contribution is 0.561. The van der Waals surface area contributed by atoms with E-state index in [1.165, 1.54) is 5.19 Å². The first-order valence-corrected chi connectivity index (χ1v) is 10.3. The minimum Gasteiger partial charge on any atom is -0.441 e. The van der Waals surface area contributed by atoms with Gasteiger partial charge in [-0.15, -0.1) is 0 Å². The number of hydrogen-bond acceptors (Lipinski definition) is 3. The Balaban J connectivity index is 2.02. The van der Waals surface area contributed by atoms with Crippen LogP contribution in [-0.2, 0) is 0 Å². The second-order valence-corrected chi connectivity index (χ2v) is 11.2. The molecule has 0 N–H and O–H groups in total. The minimum atomic E-state index is -1.29. The smallest absolute Gasteiger partial charge is 0.192 e. The molecule has 3 aromatic rings. The molecule has 102 valence electrons. The molecule has 0 aliphatic rings. The molecule has 0 radical (unpaired) electrons. The third-order valence-electron chi connectivity index (χ3n) is 3.42. The number of hydrogen-bond donors (Lipinski definition) is 0. The Morgan fingerprint density at radius 1 is 1.05 bits per heavy atom. The lowest BCUT2D eigenvalue weighted by atomic mass is 10.1. The maximum Gasteiger partial charge on any atom is 0.192 e. The molecular weight excluding hydrogens is 264 g/mol. The molecule has 0 atom stereocenters. The van der Waals surface area contributed by atoms with Crippen molar-refractivity contribution in [3.8, 4) is 11.3 Å². The molecule has 0 bridgehead atoms. The molecule has 0 amide bonds. The van der Waals surface area contributed by atoms with Crippen LogP contribution in [0.3, 0.4) is 0 Å². The molecule has 0 unspecified atom stereocenters. The second kappa shape index (κ2) is 4.56. The molecule has 3 rings (SSSR count). The maximum atomic E-state index is 5.50. The number of aromatic nitrogens is 2. The van der Waals surface area contributed by atoms with Gasteiger partial charge in [-0.2, -0.15) is 0 Å². The lowest BCUT2D eigenvalue weighted by Gasteiger charge is -2.16. The topological polar surface area (TPSA) is 38.9 Å². The van der Waals surface area contributed by atoms with Crippen molar-refractivity contribution in [2.45, 2.75) is 26.6 Å². The molecule has 0 spiro atoms. The van der Waals surface area contributed by atoms with Crippen molar-refractivity contribution in [3.63, 3.8) is 0 Å². The van der Waals surface area contributed by atoms with Gasteiger partial charge in [-0.25, -0.2) is 4.98 Å². The average molecular weight is 282 g/mol. The maximum absolute atomic E-state index is 5.50.